The lowest BCUT2D eigenvalue weighted by Crippen LogP contribution is -2.42. The van der Waals surface area contributed by atoms with Crippen molar-refractivity contribution in [1.29, 1.82) is 0 Å². The number of likely N-dealkylation sites (tertiary alicyclic amines) is 1. The van der Waals surface area contributed by atoms with E-state index in [1.807, 2.05) is 6.92 Å². The topological polar surface area (TPSA) is 95.7 Å². The summed E-state index contributed by atoms with van der Waals surface area (Å²) in [5.41, 5.74) is 6.35. The molecule has 25 heavy (non-hydrogen) atoms. The molecule has 3 N–H and O–H groups in total. The number of carbonyl (C=O) groups excluding carboxylic acids is 1. The van der Waals surface area contributed by atoms with E-state index < -0.39 is 10.0 Å². The van der Waals surface area contributed by atoms with Crippen LogP contribution in [0.4, 0.5) is 5.69 Å². The van der Waals surface area contributed by atoms with E-state index >= 15 is 0 Å². The highest BCUT2D eigenvalue weighted by molar-refractivity contribution is 7.89. The van der Waals surface area contributed by atoms with Gasteiger partial charge >= 0.3 is 0 Å². The third-order valence-electron chi connectivity index (χ3n) is 4.89. The van der Waals surface area contributed by atoms with Gasteiger partial charge in [0.15, 0.2) is 0 Å². The summed E-state index contributed by atoms with van der Waals surface area (Å²) in [6.07, 6.45) is 0.970. The summed E-state index contributed by atoms with van der Waals surface area (Å²) in [6.45, 7) is 6.21. The molecule has 1 amide bonds. The first kappa shape index (κ1) is 19.8. The molecular formula is C17H28N4O3S. The molecule has 2 atom stereocenters. The number of benzene rings is 1. The molecule has 0 aromatic heterocycles. The van der Waals surface area contributed by atoms with Crippen LogP contribution in [0.15, 0.2) is 29.2 Å². The Morgan fingerprint density at radius 2 is 2.12 bits per heavy atom. The van der Waals surface area contributed by atoms with Gasteiger partial charge in [-0.15, -0.1) is 0 Å². The predicted octanol–water partition coefficient (Wildman–Crippen LogP) is 0.935. The van der Waals surface area contributed by atoms with Gasteiger partial charge in [0.1, 0.15) is 0 Å². The molecule has 1 heterocycles. The first-order chi connectivity index (χ1) is 11.6. The zero-order valence-corrected chi connectivity index (χ0v) is 16.1. The van der Waals surface area contributed by atoms with Crippen molar-refractivity contribution >= 4 is 21.6 Å². The third kappa shape index (κ3) is 4.38. The van der Waals surface area contributed by atoms with Crippen LogP contribution in [0.1, 0.15) is 20.3 Å². The molecule has 1 fully saturated rings. The van der Waals surface area contributed by atoms with Gasteiger partial charge in [0.25, 0.3) is 0 Å². The molecule has 0 spiro atoms. The number of amides is 1. The van der Waals surface area contributed by atoms with E-state index in [0.29, 0.717) is 12.2 Å². The maximum absolute atomic E-state index is 12.5. The van der Waals surface area contributed by atoms with Gasteiger partial charge in [-0.1, -0.05) is 13.0 Å². The molecule has 1 aromatic carbocycles. The molecule has 2 unspecified atom stereocenters. The van der Waals surface area contributed by atoms with Crippen LogP contribution in [-0.2, 0) is 14.8 Å². The molecule has 0 saturated carbocycles. The number of nitrogens with one attached hydrogen (secondary N) is 1. The standard InChI is InChI=1S/C17H28N4O3S/c1-13(21-9-8-17(2,11-18)12-21)16(22)19-14-6-5-7-15(10-14)25(23,24)20(3)4/h5-7,10,13H,8-9,11-12,18H2,1-4H3,(H,19,22). The van der Waals surface area contributed by atoms with Crippen LogP contribution in [0.25, 0.3) is 0 Å². The van der Waals surface area contributed by atoms with Crippen LogP contribution in [0.2, 0.25) is 0 Å². The van der Waals surface area contributed by atoms with Gasteiger partial charge in [-0.05, 0) is 50.0 Å². The van der Waals surface area contributed by atoms with Gasteiger partial charge < -0.3 is 11.1 Å². The average Bonchev–Trinajstić information content (AvgIpc) is 2.97. The van der Waals surface area contributed by atoms with Crippen molar-refractivity contribution in [3.8, 4) is 0 Å². The summed E-state index contributed by atoms with van der Waals surface area (Å²) < 4.78 is 25.6. The van der Waals surface area contributed by atoms with E-state index in [-0.39, 0.29) is 22.3 Å². The van der Waals surface area contributed by atoms with E-state index in [2.05, 4.69) is 17.1 Å². The maximum Gasteiger partial charge on any atom is 0.242 e. The minimum absolute atomic E-state index is 0.0498. The average molecular weight is 369 g/mol. The summed E-state index contributed by atoms with van der Waals surface area (Å²) in [5.74, 6) is -0.152. The molecular weight excluding hydrogens is 340 g/mol. The van der Waals surface area contributed by atoms with Gasteiger partial charge in [-0.25, -0.2) is 12.7 Å². The van der Waals surface area contributed by atoms with Crippen molar-refractivity contribution in [3.63, 3.8) is 0 Å². The smallest absolute Gasteiger partial charge is 0.242 e. The molecule has 1 aliphatic heterocycles. The highest BCUT2D eigenvalue weighted by atomic mass is 32.2. The second-order valence-electron chi connectivity index (χ2n) is 7.22. The highest BCUT2D eigenvalue weighted by Gasteiger charge is 2.36. The Morgan fingerprint density at radius 1 is 1.44 bits per heavy atom. The number of hydrogen-bond acceptors (Lipinski definition) is 5. The van der Waals surface area contributed by atoms with Crippen LogP contribution < -0.4 is 11.1 Å². The maximum atomic E-state index is 12.5. The zero-order valence-electron chi connectivity index (χ0n) is 15.3. The lowest BCUT2D eigenvalue weighted by atomic mass is 9.90. The van der Waals surface area contributed by atoms with E-state index in [9.17, 15) is 13.2 Å². The summed E-state index contributed by atoms with van der Waals surface area (Å²) in [5, 5.41) is 2.82. The molecule has 7 nitrogen and oxygen atoms in total. The second kappa shape index (κ2) is 7.41. The Kier molecular flexibility index (Phi) is 5.88. The number of sulfonamides is 1. The summed E-state index contributed by atoms with van der Waals surface area (Å²) in [7, 11) is -0.579. The number of carbonyl (C=O) groups is 1. The van der Waals surface area contributed by atoms with E-state index in [4.69, 9.17) is 5.73 Å². The monoisotopic (exact) mass is 368 g/mol. The van der Waals surface area contributed by atoms with Crippen molar-refractivity contribution < 1.29 is 13.2 Å². The Labute approximate surface area is 150 Å². The van der Waals surface area contributed by atoms with Crippen LogP contribution in [-0.4, -0.2) is 63.3 Å². The molecule has 140 valence electrons. The summed E-state index contributed by atoms with van der Waals surface area (Å²) >= 11 is 0. The first-order valence-electron chi connectivity index (χ1n) is 8.37. The SMILES string of the molecule is CC(C(=O)Nc1cccc(S(=O)(=O)N(C)C)c1)N1CCC(C)(CN)C1. The van der Waals surface area contributed by atoms with E-state index in [1.165, 1.54) is 26.2 Å². The first-order valence-corrected chi connectivity index (χ1v) is 9.81. The van der Waals surface area contributed by atoms with Gasteiger partial charge in [0, 0.05) is 26.3 Å². The molecule has 0 aliphatic carbocycles. The fraction of sp³-hybridized carbons (Fsp3) is 0.588. The molecule has 0 radical (unpaired) electrons. The van der Waals surface area contributed by atoms with Crippen LogP contribution in [0.5, 0.6) is 0 Å². The third-order valence-corrected chi connectivity index (χ3v) is 6.70. The minimum Gasteiger partial charge on any atom is -0.330 e. The molecule has 1 saturated heterocycles. The van der Waals surface area contributed by atoms with Crippen molar-refractivity contribution in [1.82, 2.24) is 9.21 Å². The largest absolute Gasteiger partial charge is 0.330 e. The van der Waals surface area contributed by atoms with Gasteiger partial charge in [0.2, 0.25) is 15.9 Å². The van der Waals surface area contributed by atoms with Crippen molar-refractivity contribution in [2.75, 3.05) is 39.0 Å². The van der Waals surface area contributed by atoms with E-state index in [0.717, 1.165) is 23.8 Å². The number of hydrogen-bond donors (Lipinski definition) is 2. The number of nitrogens with zero attached hydrogens (tertiary/aromatic N) is 2. The lowest BCUT2D eigenvalue weighted by Gasteiger charge is -2.26. The highest BCUT2D eigenvalue weighted by Crippen LogP contribution is 2.30. The summed E-state index contributed by atoms with van der Waals surface area (Å²) in [6, 6.07) is 6.00. The van der Waals surface area contributed by atoms with Gasteiger partial charge in [-0.3, -0.25) is 9.69 Å². The quantitative estimate of drug-likeness (QED) is 0.779. The zero-order chi connectivity index (χ0) is 18.8. The van der Waals surface area contributed by atoms with E-state index in [1.54, 1.807) is 12.1 Å². The molecule has 0 bridgehead atoms. The number of anilines is 1. The predicted molar refractivity (Wildman–Crippen MR) is 98.8 cm³/mol. The Balaban J connectivity index is 2.09. The molecule has 8 heteroatoms. The fourth-order valence-corrected chi connectivity index (χ4v) is 3.86. The normalized spacial score (nSPS) is 23.0. The Morgan fingerprint density at radius 3 is 2.68 bits per heavy atom. The number of rotatable bonds is 6. The van der Waals surface area contributed by atoms with Crippen LogP contribution >= 0.6 is 0 Å². The number of nitrogens with two attached hydrogens (primary N) is 1. The van der Waals surface area contributed by atoms with Crippen molar-refractivity contribution in [2.45, 2.75) is 31.2 Å². The van der Waals surface area contributed by atoms with Crippen LogP contribution in [0.3, 0.4) is 0 Å². The molecule has 2 rings (SSSR count). The Hall–Kier alpha value is -1.48. The summed E-state index contributed by atoms with van der Waals surface area (Å²) in [4.78, 5) is 14.8. The molecule has 1 aromatic rings. The second-order valence-corrected chi connectivity index (χ2v) is 9.37. The molecule has 1 aliphatic rings. The van der Waals surface area contributed by atoms with Crippen molar-refractivity contribution in [2.24, 2.45) is 11.1 Å². The minimum atomic E-state index is -3.53. The van der Waals surface area contributed by atoms with Gasteiger partial charge in [-0.2, -0.15) is 0 Å². The van der Waals surface area contributed by atoms with Crippen molar-refractivity contribution in [3.05, 3.63) is 24.3 Å². The van der Waals surface area contributed by atoms with Gasteiger partial charge in [0.05, 0.1) is 10.9 Å². The lowest BCUT2D eigenvalue weighted by molar-refractivity contribution is -0.120. The fourth-order valence-electron chi connectivity index (χ4n) is 2.92. The van der Waals surface area contributed by atoms with Crippen LogP contribution in [0, 0.1) is 5.41 Å². The Bertz CT molecular complexity index is 735.